The summed E-state index contributed by atoms with van der Waals surface area (Å²) in [7, 11) is 3.45. The predicted molar refractivity (Wildman–Crippen MR) is 34.4 cm³/mol. The Labute approximate surface area is 51.2 Å². The van der Waals surface area contributed by atoms with Crippen LogP contribution in [-0.4, -0.2) is 19.3 Å². The zero-order valence-corrected chi connectivity index (χ0v) is 5.61. The van der Waals surface area contributed by atoms with Gasteiger partial charge >= 0.3 is 0 Å². The molecule has 0 aromatic heterocycles. The lowest BCUT2D eigenvalue weighted by Crippen LogP contribution is -2.15. The fourth-order valence-electron chi connectivity index (χ4n) is 0.367. The van der Waals surface area contributed by atoms with E-state index in [0.29, 0.717) is 6.10 Å². The van der Waals surface area contributed by atoms with E-state index in [1.54, 1.807) is 0 Å². The van der Waals surface area contributed by atoms with Crippen molar-refractivity contribution in [1.82, 2.24) is 5.32 Å². The fourth-order valence-corrected chi connectivity index (χ4v) is 0.367. The average molecular weight is 116 g/mol. The maximum absolute atomic E-state index is 5.18. The molecule has 49 valence electrons. The molecule has 0 amide bonds. The predicted octanol–water partition coefficient (Wildman–Crippen LogP) is 0.793. The highest BCUT2D eigenvalue weighted by molar-refractivity contribution is 4.41. The van der Waals surface area contributed by atoms with Gasteiger partial charge in [-0.2, -0.15) is 0 Å². The van der Waals surface area contributed by atoms with Gasteiger partial charge in [0.1, 0.15) is 0 Å². The molecule has 0 saturated heterocycles. The topological polar surface area (TPSA) is 21.3 Å². The lowest BCUT2D eigenvalue weighted by molar-refractivity contribution is 0.0823. The second kappa shape index (κ2) is 5.06. The van der Waals surface area contributed by atoms with Crippen molar-refractivity contribution in [2.45, 2.75) is 20.0 Å². The summed E-state index contributed by atoms with van der Waals surface area (Å²) in [4.78, 5) is 0. The summed E-state index contributed by atoms with van der Waals surface area (Å²) in [5, 5.41) is 2.75. The molecule has 0 rings (SSSR count). The SMILES string of the molecule is [CH2]NCCOC(C)C. The van der Waals surface area contributed by atoms with Gasteiger partial charge in [-0.15, -0.1) is 0 Å². The van der Waals surface area contributed by atoms with Crippen molar-refractivity contribution in [3.05, 3.63) is 7.05 Å². The lowest BCUT2D eigenvalue weighted by atomic mass is 10.5. The average Bonchev–Trinajstić information content (AvgIpc) is 1.66. The standard InChI is InChI=1S/C6H14NO/c1-6(2)8-5-4-7-3/h6-7H,3-5H2,1-2H3. The van der Waals surface area contributed by atoms with Gasteiger partial charge < -0.3 is 10.1 Å². The van der Waals surface area contributed by atoms with Crippen LogP contribution < -0.4 is 5.32 Å². The Balaban J connectivity index is 2.72. The van der Waals surface area contributed by atoms with E-state index >= 15 is 0 Å². The first-order valence-corrected chi connectivity index (χ1v) is 2.89. The number of nitrogens with one attached hydrogen (secondary N) is 1. The van der Waals surface area contributed by atoms with Gasteiger partial charge in [0.25, 0.3) is 0 Å². The van der Waals surface area contributed by atoms with Crippen LogP contribution in [0.25, 0.3) is 0 Å². The van der Waals surface area contributed by atoms with Gasteiger partial charge in [0.2, 0.25) is 0 Å². The Morgan fingerprint density at radius 1 is 1.62 bits per heavy atom. The maximum Gasteiger partial charge on any atom is 0.0594 e. The molecule has 0 aliphatic heterocycles. The molecule has 0 aromatic carbocycles. The van der Waals surface area contributed by atoms with Crippen molar-refractivity contribution in [3.63, 3.8) is 0 Å². The summed E-state index contributed by atoms with van der Waals surface area (Å²) in [6.07, 6.45) is 0.336. The van der Waals surface area contributed by atoms with E-state index in [1.807, 2.05) is 13.8 Å². The van der Waals surface area contributed by atoms with Crippen LogP contribution in [0.1, 0.15) is 13.8 Å². The smallest absolute Gasteiger partial charge is 0.0594 e. The summed E-state index contributed by atoms with van der Waals surface area (Å²) >= 11 is 0. The van der Waals surface area contributed by atoms with Crippen LogP contribution in [0, 0.1) is 7.05 Å². The third-order valence-corrected chi connectivity index (χ3v) is 0.730. The molecule has 0 atom stereocenters. The highest BCUT2D eigenvalue weighted by Crippen LogP contribution is 1.83. The summed E-state index contributed by atoms with van der Waals surface area (Å²) in [5.74, 6) is 0. The van der Waals surface area contributed by atoms with E-state index in [2.05, 4.69) is 12.4 Å². The van der Waals surface area contributed by atoms with Gasteiger partial charge in [0.05, 0.1) is 12.7 Å². The lowest BCUT2D eigenvalue weighted by Gasteiger charge is -2.05. The molecule has 2 heteroatoms. The normalized spacial score (nSPS) is 10.5. The molecule has 0 bridgehead atoms. The molecule has 0 spiro atoms. The molecule has 1 N–H and O–H groups in total. The molecule has 0 fully saturated rings. The molecule has 1 radical (unpaired) electrons. The van der Waals surface area contributed by atoms with Crippen molar-refractivity contribution in [1.29, 1.82) is 0 Å². The van der Waals surface area contributed by atoms with E-state index in [1.165, 1.54) is 0 Å². The van der Waals surface area contributed by atoms with Gasteiger partial charge in [-0.05, 0) is 13.8 Å². The molecular formula is C6H14NO. The van der Waals surface area contributed by atoms with Gasteiger partial charge in [-0.25, -0.2) is 0 Å². The van der Waals surface area contributed by atoms with Gasteiger partial charge in [0.15, 0.2) is 0 Å². The quantitative estimate of drug-likeness (QED) is 0.548. The summed E-state index contributed by atoms with van der Waals surface area (Å²) in [6.45, 7) is 5.62. The molecule has 0 aromatic rings. The van der Waals surface area contributed by atoms with Crippen LogP contribution in [0.3, 0.4) is 0 Å². The third-order valence-electron chi connectivity index (χ3n) is 0.730. The molecule has 0 saturated carbocycles. The van der Waals surface area contributed by atoms with E-state index in [9.17, 15) is 0 Å². The maximum atomic E-state index is 5.18. The van der Waals surface area contributed by atoms with E-state index in [0.717, 1.165) is 13.2 Å². The summed E-state index contributed by atoms with van der Waals surface area (Å²) in [5.41, 5.74) is 0. The van der Waals surface area contributed by atoms with Crippen molar-refractivity contribution < 1.29 is 4.74 Å². The monoisotopic (exact) mass is 116 g/mol. The minimum atomic E-state index is 0.336. The van der Waals surface area contributed by atoms with Crippen LogP contribution in [0.15, 0.2) is 0 Å². The molecule has 0 aliphatic rings. The van der Waals surface area contributed by atoms with Crippen molar-refractivity contribution >= 4 is 0 Å². The van der Waals surface area contributed by atoms with E-state index in [4.69, 9.17) is 4.74 Å². The third kappa shape index (κ3) is 5.92. The Bertz CT molecular complexity index is 45.8. The summed E-state index contributed by atoms with van der Waals surface area (Å²) in [6, 6.07) is 0. The van der Waals surface area contributed by atoms with Crippen LogP contribution >= 0.6 is 0 Å². The molecular weight excluding hydrogens is 102 g/mol. The Morgan fingerprint density at radius 2 is 2.25 bits per heavy atom. The highest BCUT2D eigenvalue weighted by atomic mass is 16.5. The van der Waals surface area contributed by atoms with Gasteiger partial charge in [-0.3, -0.25) is 0 Å². The highest BCUT2D eigenvalue weighted by Gasteiger charge is 1.88. The number of ether oxygens (including phenoxy) is 1. The van der Waals surface area contributed by atoms with Crippen LogP contribution in [0.2, 0.25) is 0 Å². The second-order valence-corrected chi connectivity index (χ2v) is 1.92. The van der Waals surface area contributed by atoms with E-state index in [-0.39, 0.29) is 0 Å². The molecule has 0 unspecified atom stereocenters. The van der Waals surface area contributed by atoms with Gasteiger partial charge in [-0.1, -0.05) is 0 Å². The first-order valence-electron chi connectivity index (χ1n) is 2.89. The Hall–Kier alpha value is -0.0800. The van der Waals surface area contributed by atoms with Crippen molar-refractivity contribution in [2.24, 2.45) is 0 Å². The van der Waals surface area contributed by atoms with Crippen LogP contribution in [-0.2, 0) is 4.74 Å². The van der Waals surface area contributed by atoms with Crippen molar-refractivity contribution in [2.75, 3.05) is 13.2 Å². The Morgan fingerprint density at radius 3 is 2.62 bits per heavy atom. The first kappa shape index (κ1) is 7.92. The minimum Gasteiger partial charge on any atom is -0.377 e. The van der Waals surface area contributed by atoms with E-state index < -0.39 is 0 Å². The zero-order chi connectivity index (χ0) is 6.41. The van der Waals surface area contributed by atoms with Crippen LogP contribution in [0.4, 0.5) is 0 Å². The largest absolute Gasteiger partial charge is 0.377 e. The number of hydrogen-bond donors (Lipinski definition) is 1. The minimum absolute atomic E-state index is 0.336. The zero-order valence-electron chi connectivity index (χ0n) is 5.61. The Kier molecular flexibility index (Phi) is 5.01. The van der Waals surface area contributed by atoms with Gasteiger partial charge in [0, 0.05) is 13.6 Å². The van der Waals surface area contributed by atoms with Crippen LogP contribution in [0.5, 0.6) is 0 Å². The molecule has 2 nitrogen and oxygen atoms in total. The fraction of sp³-hybridized carbons (Fsp3) is 0.833. The van der Waals surface area contributed by atoms with Crippen molar-refractivity contribution in [3.8, 4) is 0 Å². The first-order chi connectivity index (χ1) is 3.77. The molecule has 8 heavy (non-hydrogen) atoms. The number of hydrogen-bond acceptors (Lipinski definition) is 2. The summed E-state index contributed by atoms with van der Waals surface area (Å²) < 4.78 is 5.18. The number of rotatable bonds is 4. The molecule has 0 heterocycles. The second-order valence-electron chi connectivity index (χ2n) is 1.92. The molecule has 0 aliphatic carbocycles.